The van der Waals surface area contributed by atoms with Gasteiger partial charge in [0.05, 0.1) is 29.5 Å². The smallest absolute Gasteiger partial charge is 0.475 e. The van der Waals surface area contributed by atoms with Crippen molar-refractivity contribution >= 4 is 17.9 Å². The first-order chi connectivity index (χ1) is 23.0. The summed E-state index contributed by atoms with van der Waals surface area (Å²) in [4.78, 5) is 36.4. The van der Waals surface area contributed by atoms with Crippen LogP contribution in [0.25, 0.3) is 0 Å². The van der Waals surface area contributed by atoms with Crippen LogP contribution in [0.5, 0.6) is 0 Å². The van der Waals surface area contributed by atoms with E-state index in [1.165, 1.54) is 5.56 Å². The summed E-state index contributed by atoms with van der Waals surface area (Å²) >= 11 is 0. The third-order valence-electron chi connectivity index (χ3n) is 6.84. The fourth-order valence-electron chi connectivity index (χ4n) is 4.66. The highest BCUT2D eigenvalue weighted by Gasteiger charge is 2.40. The third-order valence-corrected chi connectivity index (χ3v) is 6.84. The number of nitrogens with zero attached hydrogens (tertiary/aromatic N) is 4. The van der Waals surface area contributed by atoms with Gasteiger partial charge < -0.3 is 20.1 Å². The van der Waals surface area contributed by atoms with Gasteiger partial charge in [-0.15, -0.1) is 0 Å². The van der Waals surface area contributed by atoms with E-state index in [0.29, 0.717) is 0 Å². The number of carboxylic acid groups (broad SMARTS) is 3. The van der Waals surface area contributed by atoms with Crippen molar-refractivity contribution in [3.8, 4) is 6.07 Å². The Morgan fingerprint density at radius 2 is 1.36 bits per heavy atom. The summed E-state index contributed by atoms with van der Waals surface area (Å²) in [6.45, 7) is 8.74. The number of carbonyl (C=O) groups is 3. The number of hydrogen-bond acceptors (Lipinski definition) is 8. The number of carboxylic acids is 3. The lowest BCUT2D eigenvalue weighted by molar-refractivity contribution is -0.193. The number of alkyl halides is 9. The molecule has 0 saturated carbocycles. The molecule has 3 heterocycles. The molecular weight excluding hydrogens is 699 g/mol. The van der Waals surface area contributed by atoms with E-state index < -0.39 is 36.4 Å². The Morgan fingerprint density at radius 3 is 1.86 bits per heavy atom. The van der Waals surface area contributed by atoms with E-state index in [0.717, 1.165) is 82.1 Å². The van der Waals surface area contributed by atoms with E-state index in [9.17, 15) is 39.5 Å². The second kappa shape index (κ2) is 19.1. The lowest BCUT2D eigenvalue weighted by Crippen LogP contribution is -2.51. The van der Waals surface area contributed by atoms with E-state index in [1.807, 2.05) is 18.2 Å². The van der Waals surface area contributed by atoms with Crippen LogP contribution in [0.3, 0.4) is 0 Å². The maximum absolute atomic E-state index is 10.6. The van der Waals surface area contributed by atoms with Crippen molar-refractivity contribution in [2.24, 2.45) is 0 Å². The molecule has 2 saturated heterocycles. The van der Waals surface area contributed by atoms with Gasteiger partial charge >= 0.3 is 36.4 Å². The Morgan fingerprint density at radius 1 is 0.820 bits per heavy atom. The zero-order valence-corrected chi connectivity index (χ0v) is 26.3. The molecule has 2 fully saturated rings. The van der Waals surface area contributed by atoms with Crippen LogP contribution >= 0.6 is 0 Å². The number of aromatic nitrogens is 1. The quantitative estimate of drug-likeness (QED) is 0.344. The number of aryl methyl sites for hydroxylation is 1. The molecule has 1 aromatic heterocycles. The van der Waals surface area contributed by atoms with Crippen molar-refractivity contribution in [3.63, 3.8) is 0 Å². The van der Waals surface area contributed by atoms with Crippen molar-refractivity contribution in [1.29, 1.82) is 5.26 Å². The molecule has 20 heteroatoms. The van der Waals surface area contributed by atoms with Gasteiger partial charge in [0.2, 0.25) is 0 Å². The van der Waals surface area contributed by atoms with Crippen molar-refractivity contribution < 1.29 is 74.0 Å². The molecule has 0 radical (unpaired) electrons. The Balaban J connectivity index is 0.000000486. The average Bonchev–Trinajstić information content (AvgIpc) is 3.18. The predicted molar refractivity (Wildman–Crippen MR) is 154 cm³/mol. The predicted octanol–water partition coefficient (Wildman–Crippen LogP) is 5.42. The molecule has 2 aliphatic rings. The molecule has 278 valence electrons. The van der Waals surface area contributed by atoms with Crippen LogP contribution < -0.4 is 0 Å². The number of hydrogen-bond donors (Lipinski definition) is 3. The number of aliphatic carboxylic acids is 3. The lowest BCUT2D eigenvalue weighted by Gasteiger charge is -2.42. The fraction of sp³-hybridized carbons (Fsp3) is 0.500. The number of rotatable bonds is 4. The molecule has 2 aliphatic heterocycles. The standard InChI is InChI=1S/C24H30N4O.3C2HF3O2/c1-20-5-2-8-23(26-20)18-28-13-14-29-24(19-28)9-4-11-27(12-10-24)17-22-7-3-6-21(15-22)16-25;3*3-2(4,5)1(6)7/h2-3,5-8,15H,4,9-14,17-19H2,1H3;3*(H,6,7). The number of nitriles is 1. The Hall–Kier alpha value is -4.48. The summed E-state index contributed by atoms with van der Waals surface area (Å²) in [5, 5.41) is 30.5. The molecule has 1 unspecified atom stereocenters. The highest BCUT2D eigenvalue weighted by molar-refractivity contribution is 5.73. The van der Waals surface area contributed by atoms with Gasteiger partial charge in [-0.3, -0.25) is 14.8 Å². The second-order valence-corrected chi connectivity index (χ2v) is 10.9. The number of ether oxygens (including phenoxy) is 1. The minimum atomic E-state index is -5.08. The summed E-state index contributed by atoms with van der Waals surface area (Å²) < 4.78 is 102. The Kier molecular flexibility index (Phi) is 16.6. The monoisotopic (exact) mass is 732 g/mol. The molecule has 1 spiro atoms. The van der Waals surface area contributed by atoms with Gasteiger partial charge in [0.1, 0.15) is 0 Å². The maximum atomic E-state index is 10.6. The van der Waals surface area contributed by atoms with Gasteiger partial charge in [0.15, 0.2) is 0 Å². The largest absolute Gasteiger partial charge is 0.490 e. The van der Waals surface area contributed by atoms with Crippen LogP contribution in [0.15, 0.2) is 42.5 Å². The van der Waals surface area contributed by atoms with Gasteiger partial charge in [0, 0.05) is 38.4 Å². The molecule has 1 aromatic carbocycles. The maximum Gasteiger partial charge on any atom is 0.490 e. The van der Waals surface area contributed by atoms with Crippen LogP contribution in [0.4, 0.5) is 39.5 Å². The molecular formula is C30H33F9N4O7. The van der Waals surface area contributed by atoms with Gasteiger partial charge in [0.25, 0.3) is 0 Å². The molecule has 0 amide bonds. The first-order valence-corrected chi connectivity index (χ1v) is 14.4. The first-order valence-electron chi connectivity index (χ1n) is 14.4. The van der Waals surface area contributed by atoms with Crippen LogP contribution in [-0.2, 0) is 32.2 Å². The summed E-state index contributed by atoms with van der Waals surface area (Å²) in [5.74, 6) is -8.27. The number of benzene rings is 1. The van der Waals surface area contributed by atoms with E-state index in [4.69, 9.17) is 39.7 Å². The number of morpholine rings is 1. The third kappa shape index (κ3) is 16.8. The van der Waals surface area contributed by atoms with Crippen LogP contribution in [-0.4, -0.2) is 105 Å². The van der Waals surface area contributed by atoms with Gasteiger partial charge in [-0.25, -0.2) is 14.4 Å². The highest BCUT2D eigenvalue weighted by atomic mass is 19.4. The van der Waals surface area contributed by atoms with Gasteiger partial charge in [-0.1, -0.05) is 18.2 Å². The first kappa shape index (κ1) is 43.5. The number of halogens is 9. The normalized spacial score (nSPS) is 18.4. The molecule has 11 nitrogen and oxygen atoms in total. The molecule has 2 aromatic rings. The topological polar surface area (TPSA) is 164 Å². The van der Waals surface area contributed by atoms with E-state index in [2.05, 4.69) is 52.0 Å². The lowest BCUT2D eigenvalue weighted by atomic mass is 9.92. The average molecular weight is 733 g/mol. The SMILES string of the molecule is Cc1cccc(CN2CCOC3(CCCN(Cc4cccc(C#N)c4)CC3)C2)n1.O=C(O)C(F)(F)F.O=C(O)C(F)(F)F.O=C(O)C(F)(F)F. The van der Waals surface area contributed by atoms with Gasteiger partial charge in [-0.2, -0.15) is 44.8 Å². The van der Waals surface area contributed by atoms with Crippen molar-refractivity contribution in [2.75, 3.05) is 32.8 Å². The van der Waals surface area contributed by atoms with Crippen molar-refractivity contribution in [2.45, 2.75) is 63.4 Å². The second-order valence-electron chi connectivity index (χ2n) is 10.9. The van der Waals surface area contributed by atoms with Gasteiger partial charge in [-0.05, 0) is 62.6 Å². The van der Waals surface area contributed by atoms with E-state index in [1.54, 1.807) is 0 Å². The molecule has 4 rings (SSSR count). The minimum absolute atomic E-state index is 0.0364. The van der Waals surface area contributed by atoms with Crippen LogP contribution in [0.2, 0.25) is 0 Å². The summed E-state index contributed by atoms with van der Waals surface area (Å²) in [6.07, 6.45) is -11.9. The van der Waals surface area contributed by atoms with Crippen molar-refractivity contribution in [1.82, 2.24) is 14.8 Å². The summed E-state index contributed by atoms with van der Waals surface area (Å²) in [5.41, 5.74) is 4.15. The molecule has 50 heavy (non-hydrogen) atoms. The minimum Gasteiger partial charge on any atom is -0.475 e. The molecule has 1 atom stereocenters. The Bertz CT molecular complexity index is 1410. The van der Waals surface area contributed by atoms with E-state index >= 15 is 0 Å². The Labute approximate surface area is 279 Å². The zero-order valence-electron chi connectivity index (χ0n) is 26.3. The zero-order chi connectivity index (χ0) is 38.3. The fourth-order valence-corrected chi connectivity index (χ4v) is 4.66. The number of likely N-dealkylation sites (tertiary alicyclic amines) is 1. The number of pyridine rings is 1. The van der Waals surface area contributed by atoms with E-state index in [-0.39, 0.29) is 5.60 Å². The molecule has 0 bridgehead atoms. The summed E-state index contributed by atoms with van der Waals surface area (Å²) in [6, 6.07) is 16.5. The molecule has 3 N–H and O–H groups in total. The molecule has 0 aliphatic carbocycles. The highest BCUT2D eigenvalue weighted by Crippen LogP contribution is 2.31. The van der Waals surface area contributed by atoms with Crippen molar-refractivity contribution in [3.05, 3.63) is 65.0 Å². The van der Waals surface area contributed by atoms with Crippen LogP contribution in [0, 0.1) is 18.3 Å². The van der Waals surface area contributed by atoms with Crippen LogP contribution in [0.1, 0.15) is 41.8 Å². The summed E-state index contributed by atoms with van der Waals surface area (Å²) in [7, 11) is 0.